The van der Waals surface area contributed by atoms with Crippen LogP contribution in [-0.4, -0.2) is 52.6 Å². The number of ether oxygens (including phenoxy) is 1. The summed E-state index contributed by atoms with van der Waals surface area (Å²) in [4.78, 5) is 32.6. The molecule has 1 N–H and O–H groups in total. The number of nitrogens with one attached hydrogen (secondary N) is 1. The Morgan fingerprint density at radius 3 is 2.44 bits per heavy atom. The molecule has 0 spiro atoms. The van der Waals surface area contributed by atoms with Gasteiger partial charge in [-0.15, -0.1) is 0 Å². The number of rotatable bonds is 9. The Balaban J connectivity index is 1.25. The Hall–Kier alpha value is -4.55. The van der Waals surface area contributed by atoms with Gasteiger partial charge in [0.1, 0.15) is 23.2 Å². The fraction of sp³-hybridized carbons (Fsp3) is 0.400. The summed E-state index contributed by atoms with van der Waals surface area (Å²) in [5, 5.41) is 0. The van der Waals surface area contributed by atoms with E-state index < -0.39 is 11.9 Å². The molecule has 0 aliphatic heterocycles. The molecule has 2 fully saturated rings. The third-order valence-electron chi connectivity index (χ3n) is 7.89. The van der Waals surface area contributed by atoms with E-state index in [1.54, 1.807) is 18.0 Å². The summed E-state index contributed by atoms with van der Waals surface area (Å²) >= 11 is 0. The molecule has 222 valence electrons. The summed E-state index contributed by atoms with van der Waals surface area (Å²) in [6.07, 6.45) is 3.82. The van der Waals surface area contributed by atoms with E-state index in [0.717, 1.165) is 54.5 Å². The Labute approximate surface area is 245 Å². The van der Waals surface area contributed by atoms with E-state index >= 15 is 0 Å². The van der Waals surface area contributed by atoms with Gasteiger partial charge in [0, 0.05) is 36.3 Å². The van der Waals surface area contributed by atoms with Gasteiger partial charge in [-0.1, -0.05) is 24.3 Å². The largest absolute Gasteiger partial charge is 0.480 e. The standard InChI is InChI=1S/C30H30F3N9O/c1-16(2)41-13-21(30(31,32)33)38-27(41)19-6-4-17(5-7-19)12-42(20-10-11-20)28-24-26(36-14-35-24)39-25(40-28)22-23(18-8-9-18)34-15-37-29(22)43-3/h4-7,13-16,18,20H,8-12H2,1-3H3,(H,35,36,39,40). The zero-order valence-corrected chi connectivity index (χ0v) is 23.9. The van der Waals surface area contributed by atoms with E-state index in [4.69, 9.17) is 14.7 Å². The first-order chi connectivity index (χ1) is 20.7. The molecule has 0 saturated heterocycles. The SMILES string of the molecule is COc1ncnc(C2CC2)c1-c1nc(N(Cc2ccc(-c3nc(C(F)(F)F)cn3C(C)C)cc2)C2CC2)c2[nH]cnc2n1. The van der Waals surface area contributed by atoms with Crippen LogP contribution >= 0.6 is 0 Å². The minimum Gasteiger partial charge on any atom is -0.480 e. The lowest BCUT2D eigenvalue weighted by Gasteiger charge is -2.25. The molecule has 2 aliphatic rings. The van der Waals surface area contributed by atoms with E-state index in [1.165, 1.54) is 6.33 Å². The zero-order valence-electron chi connectivity index (χ0n) is 23.9. The second-order valence-electron chi connectivity index (χ2n) is 11.4. The minimum absolute atomic E-state index is 0.179. The number of methoxy groups -OCH3 is 1. The van der Waals surface area contributed by atoms with Crippen molar-refractivity contribution in [1.29, 1.82) is 0 Å². The van der Waals surface area contributed by atoms with E-state index in [0.29, 0.717) is 40.9 Å². The lowest BCUT2D eigenvalue weighted by atomic mass is 10.1. The molecule has 4 aromatic heterocycles. The van der Waals surface area contributed by atoms with Crippen molar-refractivity contribution in [2.24, 2.45) is 0 Å². The van der Waals surface area contributed by atoms with Crippen molar-refractivity contribution < 1.29 is 17.9 Å². The molecule has 2 saturated carbocycles. The van der Waals surface area contributed by atoms with Crippen LogP contribution in [-0.2, 0) is 12.7 Å². The number of imidazole rings is 2. The van der Waals surface area contributed by atoms with Crippen LogP contribution in [0.4, 0.5) is 19.0 Å². The Morgan fingerprint density at radius 1 is 1.02 bits per heavy atom. The first-order valence-electron chi connectivity index (χ1n) is 14.3. The van der Waals surface area contributed by atoms with Crippen LogP contribution in [0.25, 0.3) is 33.9 Å². The van der Waals surface area contributed by atoms with Crippen LogP contribution in [0.5, 0.6) is 5.88 Å². The summed E-state index contributed by atoms with van der Waals surface area (Å²) in [6, 6.07) is 7.62. The summed E-state index contributed by atoms with van der Waals surface area (Å²) in [5.41, 5.74) is 3.56. The Kier molecular flexibility index (Phi) is 6.55. The molecule has 2 aliphatic carbocycles. The first-order valence-corrected chi connectivity index (χ1v) is 14.3. The van der Waals surface area contributed by atoms with Gasteiger partial charge in [-0.05, 0) is 45.1 Å². The lowest BCUT2D eigenvalue weighted by Crippen LogP contribution is -2.26. The molecule has 43 heavy (non-hydrogen) atoms. The van der Waals surface area contributed by atoms with Crippen molar-refractivity contribution in [2.75, 3.05) is 12.0 Å². The van der Waals surface area contributed by atoms with Crippen molar-refractivity contribution in [3.8, 4) is 28.7 Å². The van der Waals surface area contributed by atoms with Crippen LogP contribution in [0.1, 0.15) is 68.4 Å². The van der Waals surface area contributed by atoms with Gasteiger partial charge in [-0.25, -0.2) is 29.9 Å². The fourth-order valence-electron chi connectivity index (χ4n) is 5.41. The molecular formula is C30H30F3N9O. The van der Waals surface area contributed by atoms with Gasteiger partial charge >= 0.3 is 6.18 Å². The number of nitrogens with zero attached hydrogens (tertiary/aromatic N) is 8. The van der Waals surface area contributed by atoms with E-state index in [9.17, 15) is 13.2 Å². The Bertz CT molecular complexity index is 1790. The van der Waals surface area contributed by atoms with Gasteiger partial charge in [0.25, 0.3) is 0 Å². The van der Waals surface area contributed by atoms with Gasteiger partial charge in [-0.3, -0.25) is 0 Å². The molecule has 1 aromatic carbocycles. The summed E-state index contributed by atoms with van der Waals surface area (Å²) in [5.74, 6) is 2.24. The second kappa shape index (κ2) is 10.3. The van der Waals surface area contributed by atoms with Gasteiger partial charge in [0.15, 0.2) is 23.0 Å². The predicted molar refractivity (Wildman–Crippen MR) is 153 cm³/mol. The van der Waals surface area contributed by atoms with Gasteiger partial charge < -0.3 is 19.2 Å². The molecule has 4 heterocycles. The number of hydrogen-bond acceptors (Lipinski definition) is 8. The average molecular weight is 590 g/mol. The smallest absolute Gasteiger partial charge is 0.434 e. The van der Waals surface area contributed by atoms with E-state index in [2.05, 4.69) is 29.8 Å². The molecule has 0 amide bonds. The quantitative estimate of drug-likeness (QED) is 0.212. The number of aromatic amines is 1. The minimum atomic E-state index is -4.51. The number of benzene rings is 1. The molecule has 13 heteroatoms. The zero-order chi connectivity index (χ0) is 29.9. The number of anilines is 1. The van der Waals surface area contributed by atoms with E-state index in [-0.39, 0.29) is 17.9 Å². The first kappa shape index (κ1) is 27.3. The average Bonchev–Trinajstić information content (AvgIpc) is 3.92. The van der Waals surface area contributed by atoms with Crippen LogP contribution in [0.3, 0.4) is 0 Å². The third-order valence-corrected chi connectivity index (χ3v) is 7.89. The molecule has 10 nitrogen and oxygen atoms in total. The van der Waals surface area contributed by atoms with Gasteiger partial charge in [0.05, 0.1) is 19.1 Å². The van der Waals surface area contributed by atoms with Gasteiger partial charge in [-0.2, -0.15) is 13.2 Å². The van der Waals surface area contributed by atoms with Crippen molar-refractivity contribution in [3.05, 3.63) is 60.1 Å². The molecule has 7 rings (SSSR count). The molecule has 0 bridgehead atoms. The van der Waals surface area contributed by atoms with Crippen LogP contribution < -0.4 is 9.64 Å². The highest BCUT2D eigenvalue weighted by atomic mass is 19.4. The summed E-state index contributed by atoms with van der Waals surface area (Å²) in [7, 11) is 1.58. The monoisotopic (exact) mass is 589 g/mol. The normalized spacial score (nSPS) is 15.4. The molecule has 0 atom stereocenters. The molecular weight excluding hydrogens is 559 g/mol. The highest BCUT2D eigenvalue weighted by molar-refractivity contribution is 5.86. The van der Waals surface area contributed by atoms with Crippen LogP contribution in [0, 0.1) is 0 Å². The maximum atomic E-state index is 13.4. The van der Waals surface area contributed by atoms with Crippen molar-refractivity contribution in [3.63, 3.8) is 0 Å². The molecule has 0 radical (unpaired) electrons. The lowest BCUT2D eigenvalue weighted by molar-refractivity contribution is -0.140. The summed E-state index contributed by atoms with van der Waals surface area (Å²) in [6.45, 7) is 4.22. The number of H-pyrrole nitrogens is 1. The highest BCUT2D eigenvalue weighted by Gasteiger charge is 2.36. The van der Waals surface area contributed by atoms with E-state index in [1.807, 2.05) is 38.1 Å². The van der Waals surface area contributed by atoms with Crippen LogP contribution in [0.15, 0.2) is 43.1 Å². The molecule has 0 unspecified atom stereocenters. The van der Waals surface area contributed by atoms with Crippen molar-refractivity contribution >= 4 is 17.0 Å². The third kappa shape index (κ3) is 5.17. The Morgan fingerprint density at radius 2 is 1.79 bits per heavy atom. The maximum absolute atomic E-state index is 13.4. The topological polar surface area (TPSA) is 111 Å². The van der Waals surface area contributed by atoms with Gasteiger partial charge in [0.2, 0.25) is 5.88 Å². The number of alkyl halides is 3. The number of hydrogen-bond donors (Lipinski definition) is 1. The predicted octanol–water partition coefficient (Wildman–Crippen LogP) is 6.33. The second-order valence-corrected chi connectivity index (χ2v) is 11.4. The summed E-state index contributed by atoms with van der Waals surface area (Å²) < 4.78 is 47.5. The number of halogens is 3. The van der Waals surface area contributed by atoms with Crippen LogP contribution in [0.2, 0.25) is 0 Å². The molecule has 5 aromatic rings. The number of fused-ring (bicyclic) bond motifs is 1. The van der Waals surface area contributed by atoms with Crippen molar-refractivity contribution in [2.45, 2.75) is 70.3 Å². The highest BCUT2D eigenvalue weighted by Crippen LogP contribution is 2.45. The van der Waals surface area contributed by atoms with Crippen molar-refractivity contribution in [1.82, 2.24) is 39.5 Å². The number of aromatic nitrogens is 8. The fourth-order valence-corrected chi connectivity index (χ4v) is 5.41. The maximum Gasteiger partial charge on any atom is 0.434 e.